The second kappa shape index (κ2) is 4.99. The minimum Gasteiger partial charge on any atom is -0.258 e. The number of alkyl halides is 1. The maximum atomic E-state index is 11.0. The van der Waals surface area contributed by atoms with Crippen molar-refractivity contribution in [3.8, 4) is 10.6 Å². The molecular formula is C11H10ClN3O2S. The van der Waals surface area contributed by atoms with Crippen molar-refractivity contribution in [1.82, 2.24) is 10.2 Å². The molecule has 1 aromatic heterocycles. The molecule has 1 aromatic carbocycles. The lowest BCUT2D eigenvalue weighted by molar-refractivity contribution is -0.384. The van der Waals surface area contributed by atoms with E-state index in [0.717, 1.165) is 5.56 Å². The molecule has 0 aliphatic heterocycles. The highest BCUT2D eigenvalue weighted by molar-refractivity contribution is 7.15. The molecule has 0 aliphatic rings. The van der Waals surface area contributed by atoms with Crippen molar-refractivity contribution in [2.24, 2.45) is 0 Å². The molecule has 5 nitrogen and oxygen atoms in total. The number of aryl methyl sites for hydroxylation is 1. The van der Waals surface area contributed by atoms with Crippen LogP contribution in [0.5, 0.6) is 0 Å². The van der Waals surface area contributed by atoms with Crippen LogP contribution in [0, 0.1) is 17.0 Å². The van der Waals surface area contributed by atoms with Crippen molar-refractivity contribution in [1.29, 1.82) is 0 Å². The van der Waals surface area contributed by atoms with E-state index in [1.807, 2.05) is 13.0 Å². The van der Waals surface area contributed by atoms with E-state index in [1.54, 1.807) is 13.0 Å². The fourth-order valence-electron chi connectivity index (χ4n) is 1.58. The van der Waals surface area contributed by atoms with Crippen molar-refractivity contribution in [2.45, 2.75) is 19.2 Å². The van der Waals surface area contributed by atoms with Gasteiger partial charge in [-0.05, 0) is 19.4 Å². The molecular weight excluding hydrogens is 274 g/mol. The average molecular weight is 284 g/mol. The van der Waals surface area contributed by atoms with Crippen LogP contribution >= 0.6 is 22.9 Å². The van der Waals surface area contributed by atoms with Crippen LogP contribution in [-0.4, -0.2) is 15.1 Å². The average Bonchev–Trinajstić information content (AvgIpc) is 2.77. The van der Waals surface area contributed by atoms with Crippen LogP contribution in [0.3, 0.4) is 0 Å². The SMILES string of the molecule is Cc1cccc([N+](=O)[O-])c1-c1nnc(C(C)Cl)s1. The number of nitro groups is 1. The lowest BCUT2D eigenvalue weighted by atomic mass is 10.1. The van der Waals surface area contributed by atoms with Gasteiger partial charge in [0.2, 0.25) is 0 Å². The van der Waals surface area contributed by atoms with Crippen LogP contribution in [0.15, 0.2) is 18.2 Å². The van der Waals surface area contributed by atoms with Gasteiger partial charge in [-0.15, -0.1) is 21.8 Å². The predicted molar refractivity (Wildman–Crippen MR) is 71.0 cm³/mol. The summed E-state index contributed by atoms with van der Waals surface area (Å²) in [6, 6.07) is 4.93. The van der Waals surface area contributed by atoms with E-state index in [1.165, 1.54) is 17.4 Å². The van der Waals surface area contributed by atoms with Crippen molar-refractivity contribution >= 4 is 28.6 Å². The van der Waals surface area contributed by atoms with Crippen LogP contribution in [0.25, 0.3) is 10.6 Å². The topological polar surface area (TPSA) is 68.9 Å². The Kier molecular flexibility index (Phi) is 3.58. The van der Waals surface area contributed by atoms with Crippen LogP contribution in [0.4, 0.5) is 5.69 Å². The molecule has 0 aliphatic carbocycles. The summed E-state index contributed by atoms with van der Waals surface area (Å²) < 4.78 is 0. The molecule has 18 heavy (non-hydrogen) atoms. The van der Waals surface area contributed by atoms with Gasteiger partial charge in [0.25, 0.3) is 5.69 Å². The van der Waals surface area contributed by atoms with Gasteiger partial charge < -0.3 is 0 Å². The highest BCUT2D eigenvalue weighted by Gasteiger charge is 2.21. The first-order valence-corrected chi connectivity index (χ1v) is 6.48. The third-order valence-electron chi connectivity index (χ3n) is 2.44. The zero-order valence-corrected chi connectivity index (χ0v) is 11.3. The molecule has 0 spiro atoms. The van der Waals surface area contributed by atoms with Gasteiger partial charge in [-0.25, -0.2) is 0 Å². The fraction of sp³-hybridized carbons (Fsp3) is 0.273. The van der Waals surface area contributed by atoms with Gasteiger partial charge in [0.05, 0.1) is 15.9 Å². The smallest absolute Gasteiger partial charge is 0.258 e. The summed E-state index contributed by atoms with van der Waals surface area (Å²) in [6.45, 7) is 3.60. The molecule has 2 rings (SSSR count). The van der Waals surface area contributed by atoms with E-state index < -0.39 is 4.92 Å². The summed E-state index contributed by atoms with van der Waals surface area (Å²) in [7, 11) is 0. The maximum absolute atomic E-state index is 11.0. The van der Waals surface area contributed by atoms with Crippen molar-refractivity contribution in [3.05, 3.63) is 38.9 Å². The lowest BCUT2D eigenvalue weighted by Gasteiger charge is -2.02. The molecule has 0 radical (unpaired) electrons. The van der Waals surface area contributed by atoms with Crippen molar-refractivity contribution in [2.75, 3.05) is 0 Å². The summed E-state index contributed by atoms with van der Waals surface area (Å²) in [5, 5.41) is 19.9. The number of benzene rings is 1. The normalized spacial score (nSPS) is 12.4. The Morgan fingerprint density at radius 2 is 2.17 bits per heavy atom. The lowest BCUT2D eigenvalue weighted by Crippen LogP contribution is -1.93. The van der Waals surface area contributed by atoms with E-state index in [4.69, 9.17) is 11.6 Å². The molecule has 1 atom stereocenters. The summed E-state index contributed by atoms with van der Waals surface area (Å²) in [5.74, 6) is 0. The summed E-state index contributed by atoms with van der Waals surface area (Å²) >= 11 is 7.20. The van der Waals surface area contributed by atoms with Crippen LogP contribution in [0.2, 0.25) is 0 Å². The zero-order chi connectivity index (χ0) is 13.3. The van der Waals surface area contributed by atoms with Gasteiger partial charge in [0, 0.05) is 6.07 Å². The third kappa shape index (κ3) is 2.34. The maximum Gasteiger partial charge on any atom is 0.279 e. The minimum absolute atomic E-state index is 0.0416. The summed E-state index contributed by atoms with van der Waals surface area (Å²) in [4.78, 5) is 10.6. The first-order valence-electron chi connectivity index (χ1n) is 5.22. The van der Waals surface area contributed by atoms with E-state index >= 15 is 0 Å². The predicted octanol–water partition coefficient (Wildman–Crippen LogP) is 3.72. The van der Waals surface area contributed by atoms with E-state index in [0.29, 0.717) is 15.6 Å². The Balaban J connectivity index is 2.58. The number of aromatic nitrogens is 2. The second-order valence-corrected chi connectivity index (χ2v) is 5.45. The molecule has 1 heterocycles. The van der Waals surface area contributed by atoms with Gasteiger partial charge >= 0.3 is 0 Å². The number of hydrogen-bond donors (Lipinski definition) is 0. The van der Waals surface area contributed by atoms with Crippen LogP contribution < -0.4 is 0 Å². The number of halogens is 1. The minimum atomic E-state index is -0.409. The Labute approximate surface area is 113 Å². The number of nitro benzene ring substituents is 1. The highest BCUT2D eigenvalue weighted by atomic mass is 35.5. The fourth-order valence-corrected chi connectivity index (χ4v) is 2.65. The number of hydrogen-bond acceptors (Lipinski definition) is 5. The Morgan fingerprint density at radius 1 is 1.44 bits per heavy atom. The molecule has 1 unspecified atom stereocenters. The van der Waals surface area contributed by atoms with Crippen molar-refractivity contribution in [3.63, 3.8) is 0 Å². The molecule has 7 heteroatoms. The number of nitrogens with zero attached hydrogens (tertiary/aromatic N) is 3. The Hall–Kier alpha value is -1.53. The van der Waals surface area contributed by atoms with E-state index in [9.17, 15) is 10.1 Å². The Bertz CT molecular complexity index is 598. The molecule has 0 saturated heterocycles. The first kappa shape index (κ1) is 12.9. The van der Waals surface area contributed by atoms with E-state index in [2.05, 4.69) is 10.2 Å². The highest BCUT2D eigenvalue weighted by Crippen LogP contribution is 2.36. The van der Waals surface area contributed by atoms with Gasteiger partial charge in [0.1, 0.15) is 5.01 Å². The molecule has 2 aromatic rings. The molecule has 0 amide bonds. The monoisotopic (exact) mass is 283 g/mol. The van der Waals surface area contributed by atoms with Gasteiger partial charge in [-0.2, -0.15) is 0 Å². The van der Waals surface area contributed by atoms with Gasteiger partial charge in [-0.1, -0.05) is 23.5 Å². The Morgan fingerprint density at radius 3 is 2.72 bits per heavy atom. The van der Waals surface area contributed by atoms with Crippen LogP contribution in [0.1, 0.15) is 22.9 Å². The summed E-state index contributed by atoms with van der Waals surface area (Å²) in [5.41, 5.74) is 1.36. The largest absolute Gasteiger partial charge is 0.279 e. The molecule has 0 bridgehead atoms. The quantitative estimate of drug-likeness (QED) is 0.489. The van der Waals surface area contributed by atoms with E-state index in [-0.39, 0.29) is 11.1 Å². The summed E-state index contributed by atoms with van der Waals surface area (Å²) in [6.07, 6.45) is 0. The van der Waals surface area contributed by atoms with Crippen molar-refractivity contribution < 1.29 is 4.92 Å². The zero-order valence-electron chi connectivity index (χ0n) is 9.75. The molecule has 0 N–H and O–H groups in total. The number of rotatable bonds is 3. The third-order valence-corrected chi connectivity index (χ3v) is 3.90. The van der Waals surface area contributed by atoms with Gasteiger partial charge in [-0.3, -0.25) is 10.1 Å². The van der Waals surface area contributed by atoms with Gasteiger partial charge in [0.15, 0.2) is 5.01 Å². The first-order chi connectivity index (χ1) is 8.50. The second-order valence-electron chi connectivity index (χ2n) is 3.79. The molecule has 0 saturated carbocycles. The standard InChI is InChI=1S/C11H10ClN3O2S/c1-6-4-3-5-8(15(16)17)9(6)11-14-13-10(18-11)7(2)12/h3-5,7H,1-2H3. The van der Waals surface area contributed by atoms with Crippen LogP contribution in [-0.2, 0) is 0 Å². The molecule has 94 valence electrons. The molecule has 0 fully saturated rings.